The van der Waals surface area contributed by atoms with Gasteiger partial charge in [0.05, 0.1) is 25.9 Å². The number of ether oxygens (including phenoxy) is 1. The van der Waals surface area contributed by atoms with Gasteiger partial charge in [0.15, 0.2) is 0 Å². The van der Waals surface area contributed by atoms with E-state index in [0.29, 0.717) is 39.1 Å². The number of hydrogen-bond donors (Lipinski definition) is 2. The van der Waals surface area contributed by atoms with Crippen LogP contribution >= 0.6 is 0 Å². The molecule has 1 unspecified atom stereocenters. The predicted molar refractivity (Wildman–Crippen MR) is 108 cm³/mol. The summed E-state index contributed by atoms with van der Waals surface area (Å²) in [6.07, 6.45) is 9.48. The van der Waals surface area contributed by atoms with Gasteiger partial charge in [0.1, 0.15) is 0 Å². The van der Waals surface area contributed by atoms with Gasteiger partial charge in [-0.15, -0.1) is 0 Å². The van der Waals surface area contributed by atoms with Gasteiger partial charge in [0.25, 0.3) is 0 Å². The minimum Gasteiger partial charge on any atom is -0.726 e. The minimum atomic E-state index is -4.75. The van der Waals surface area contributed by atoms with Crippen LogP contribution in [0.25, 0.3) is 0 Å². The quantitative estimate of drug-likeness (QED) is 0.0997. The Morgan fingerprint density at radius 2 is 1.45 bits per heavy atom. The van der Waals surface area contributed by atoms with E-state index >= 15 is 0 Å². The molecule has 0 rings (SSSR count). The number of unbranched alkanes of at least 4 members (excludes halogenated alkanes) is 7. The molecule has 0 aliphatic rings. The predicted octanol–water partition coefficient (Wildman–Crippen LogP) is -0.940. The molecule has 0 fully saturated rings. The van der Waals surface area contributed by atoms with Crippen LogP contribution in [0.1, 0.15) is 71.1 Å². The van der Waals surface area contributed by atoms with Gasteiger partial charge < -0.3 is 19.5 Å². The molecule has 0 radical (unpaired) electrons. The Kier molecular flexibility index (Phi) is 24.1. The Bertz CT molecular complexity index is 434. The second-order valence-corrected chi connectivity index (χ2v) is 8.12. The van der Waals surface area contributed by atoms with Crippen molar-refractivity contribution in [3.8, 4) is 0 Å². The maximum atomic E-state index is 10.9. The molecule has 0 bridgehead atoms. The number of hydrogen-bond acceptors (Lipinski definition) is 8. The van der Waals surface area contributed by atoms with Gasteiger partial charge in [-0.3, -0.25) is 9.08 Å². The second kappa shape index (κ2) is 21.9. The van der Waals surface area contributed by atoms with Crippen LogP contribution < -0.4 is 29.6 Å². The maximum absolute atomic E-state index is 10.9. The average molecular weight is 450 g/mol. The summed E-state index contributed by atoms with van der Waals surface area (Å²) in [5, 5.41) is 17.9. The summed E-state index contributed by atoms with van der Waals surface area (Å²) >= 11 is 0. The van der Waals surface area contributed by atoms with Crippen LogP contribution in [0.15, 0.2) is 0 Å². The first kappa shape index (κ1) is 31.9. The van der Waals surface area contributed by atoms with Crippen LogP contribution in [0, 0.1) is 0 Å². The van der Waals surface area contributed by atoms with Crippen molar-refractivity contribution in [3.05, 3.63) is 0 Å². The Morgan fingerprint density at radius 3 is 1.97 bits per heavy atom. The van der Waals surface area contributed by atoms with Gasteiger partial charge in [0, 0.05) is 26.2 Å². The van der Waals surface area contributed by atoms with Crippen LogP contribution in [0.5, 0.6) is 0 Å². The van der Waals surface area contributed by atoms with Crippen LogP contribution in [0.4, 0.5) is 0 Å². The molecular weight excluding hydrogens is 409 g/mol. The molecule has 2 N–H and O–H groups in total. The fraction of sp³-hybridized carbons (Fsp3) is 1.00. The summed E-state index contributed by atoms with van der Waals surface area (Å²) < 4.78 is 42.8. The molecule has 8 nitrogen and oxygen atoms in total. The van der Waals surface area contributed by atoms with E-state index in [1.165, 1.54) is 32.1 Å². The number of nitrogens with zero attached hydrogens (tertiary/aromatic N) is 1. The van der Waals surface area contributed by atoms with Gasteiger partial charge in [-0.05, 0) is 12.8 Å². The molecule has 170 valence electrons. The Morgan fingerprint density at radius 1 is 0.897 bits per heavy atom. The third kappa shape index (κ3) is 23.2. The number of rotatable bonds is 21. The summed E-state index contributed by atoms with van der Waals surface area (Å²) in [5.41, 5.74) is 0. The Labute approximate surface area is 199 Å². The van der Waals surface area contributed by atoms with Crippen LogP contribution in [-0.2, 0) is 19.3 Å². The van der Waals surface area contributed by atoms with Gasteiger partial charge in [0.2, 0.25) is 10.4 Å². The molecule has 0 saturated heterocycles. The zero-order valence-electron chi connectivity index (χ0n) is 18.4. The van der Waals surface area contributed by atoms with Gasteiger partial charge in [-0.1, -0.05) is 58.3 Å². The van der Waals surface area contributed by atoms with E-state index in [-0.39, 0.29) is 49.4 Å². The van der Waals surface area contributed by atoms with Crippen molar-refractivity contribution in [1.29, 1.82) is 0 Å². The van der Waals surface area contributed by atoms with Crippen molar-refractivity contribution in [2.24, 2.45) is 0 Å². The maximum Gasteiger partial charge on any atom is 1.00 e. The smallest absolute Gasteiger partial charge is 0.726 e. The third-order valence-electron chi connectivity index (χ3n) is 4.53. The van der Waals surface area contributed by atoms with Gasteiger partial charge >= 0.3 is 29.6 Å². The molecule has 0 heterocycles. The topological polar surface area (TPSA) is 119 Å². The molecule has 29 heavy (non-hydrogen) atoms. The summed E-state index contributed by atoms with van der Waals surface area (Å²) in [5.74, 6) is 0. The van der Waals surface area contributed by atoms with E-state index in [0.717, 1.165) is 19.3 Å². The Hall–Kier alpha value is 0.710. The summed E-state index contributed by atoms with van der Waals surface area (Å²) in [6.45, 7) is 4.32. The van der Waals surface area contributed by atoms with E-state index in [2.05, 4.69) is 11.1 Å². The zero-order chi connectivity index (χ0) is 21.1. The van der Waals surface area contributed by atoms with Crippen molar-refractivity contribution < 1.29 is 61.7 Å². The fourth-order valence-electron chi connectivity index (χ4n) is 3.06. The van der Waals surface area contributed by atoms with E-state index in [1.807, 2.05) is 4.90 Å². The van der Waals surface area contributed by atoms with Crippen molar-refractivity contribution in [1.82, 2.24) is 4.90 Å². The van der Waals surface area contributed by atoms with Crippen molar-refractivity contribution in [2.45, 2.75) is 77.2 Å². The van der Waals surface area contributed by atoms with Crippen molar-refractivity contribution in [3.63, 3.8) is 0 Å². The number of aliphatic hydroxyl groups is 2. The first-order valence-electron chi connectivity index (χ1n) is 10.6. The summed E-state index contributed by atoms with van der Waals surface area (Å²) in [6, 6.07) is 0. The summed E-state index contributed by atoms with van der Waals surface area (Å²) in [7, 11) is -4.75. The number of aliphatic hydroxyl groups excluding tert-OH is 2. The van der Waals surface area contributed by atoms with Crippen molar-refractivity contribution >= 4 is 10.4 Å². The van der Waals surface area contributed by atoms with E-state index in [1.54, 1.807) is 0 Å². The molecular formula is C19H40NNaO7S. The van der Waals surface area contributed by atoms with Crippen molar-refractivity contribution in [2.75, 3.05) is 46.1 Å². The molecule has 0 aliphatic carbocycles. The molecule has 0 aromatic carbocycles. The van der Waals surface area contributed by atoms with Crippen LogP contribution in [0.2, 0.25) is 0 Å². The molecule has 0 aromatic heterocycles. The SMILES string of the molecule is CCCCCCCCCCC(COCCCN(CCO)CCO)OS(=O)(=O)[O-].[Na+]. The fourth-order valence-corrected chi connectivity index (χ4v) is 3.54. The van der Waals surface area contributed by atoms with E-state index < -0.39 is 16.5 Å². The zero-order valence-corrected chi connectivity index (χ0v) is 21.2. The van der Waals surface area contributed by atoms with Crippen LogP contribution in [-0.4, -0.2) is 80.2 Å². The van der Waals surface area contributed by atoms with E-state index in [9.17, 15) is 13.0 Å². The largest absolute Gasteiger partial charge is 1.00 e. The normalized spacial score (nSPS) is 12.9. The molecule has 0 spiro atoms. The second-order valence-electron chi connectivity index (χ2n) is 7.11. The molecule has 10 heteroatoms. The third-order valence-corrected chi connectivity index (χ3v) is 5.04. The van der Waals surface area contributed by atoms with Gasteiger partial charge in [-0.25, -0.2) is 8.42 Å². The monoisotopic (exact) mass is 449 g/mol. The van der Waals surface area contributed by atoms with Crippen LogP contribution in [0.3, 0.4) is 0 Å². The Balaban J connectivity index is 0. The molecule has 0 aromatic rings. The first-order valence-corrected chi connectivity index (χ1v) is 11.9. The molecule has 0 aliphatic heterocycles. The first-order chi connectivity index (χ1) is 13.4. The minimum absolute atomic E-state index is 0. The van der Waals surface area contributed by atoms with Gasteiger partial charge in [-0.2, -0.15) is 0 Å². The molecule has 0 saturated carbocycles. The molecule has 1 atom stereocenters. The summed E-state index contributed by atoms with van der Waals surface area (Å²) in [4.78, 5) is 1.92. The average Bonchev–Trinajstić information content (AvgIpc) is 2.62. The van der Waals surface area contributed by atoms with E-state index in [4.69, 9.17) is 14.9 Å². The standard InChI is InChI=1S/C19H41NO7S.Na/c1-2-3-4-5-6-7-8-9-11-19(27-28(23,24)25)18-26-17-10-12-20(13-15-21)14-16-22;/h19,21-22H,2-18H2,1H3,(H,23,24,25);/q;+1/p-1. The molecule has 0 amide bonds.